The van der Waals surface area contributed by atoms with Crippen molar-refractivity contribution in [3.63, 3.8) is 0 Å². The van der Waals surface area contributed by atoms with E-state index in [4.69, 9.17) is 0 Å². The molecule has 1 aromatic heterocycles. The van der Waals surface area contributed by atoms with E-state index in [0.717, 1.165) is 5.69 Å². The number of hydrogen-bond acceptors (Lipinski definition) is 3. The van der Waals surface area contributed by atoms with E-state index in [0.29, 0.717) is 11.1 Å². The van der Waals surface area contributed by atoms with E-state index in [1.807, 2.05) is 16.8 Å². The van der Waals surface area contributed by atoms with Gasteiger partial charge in [0.2, 0.25) is 0 Å². The molecular weight excluding hydrogens is 222 g/mol. The first kappa shape index (κ1) is 10.7. The van der Waals surface area contributed by atoms with Gasteiger partial charge < -0.3 is 10.4 Å². The fourth-order valence-corrected chi connectivity index (χ4v) is 1.96. The van der Waals surface area contributed by atoms with Crippen LogP contribution in [-0.2, 0) is 0 Å². The van der Waals surface area contributed by atoms with Crippen LogP contribution in [0.25, 0.3) is 0 Å². The molecule has 1 aromatic carbocycles. The third-order valence-corrected chi connectivity index (χ3v) is 2.94. The molecule has 0 saturated carbocycles. The van der Waals surface area contributed by atoms with Gasteiger partial charge in [-0.15, -0.1) is 0 Å². The largest absolute Gasteiger partial charge is 0.507 e. The lowest BCUT2D eigenvalue weighted by molar-refractivity contribution is 0.102. The number of aryl methyl sites for hydroxylation is 1. The Morgan fingerprint density at radius 1 is 1.38 bits per heavy atom. The summed E-state index contributed by atoms with van der Waals surface area (Å²) in [7, 11) is 0. The van der Waals surface area contributed by atoms with Gasteiger partial charge >= 0.3 is 0 Å². The third kappa shape index (κ3) is 2.06. The summed E-state index contributed by atoms with van der Waals surface area (Å²) in [6.45, 7) is 1.76. The maximum absolute atomic E-state index is 11.8. The van der Waals surface area contributed by atoms with Crippen LogP contribution in [0.5, 0.6) is 5.75 Å². The van der Waals surface area contributed by atoms with E-state index < -0.39 is 0 Å². The molecule has 82 valence electrons. The highest BCUT2D eigenvalue weighted by Gasteiger charge is 2.12. The molecule has 0 radical (unpaired) electrons. The average Bonchev–Trinajstić information content (AvgIpc) is 2.74. The maximum Gasteiger partial charge on any atom is 0.259 e. The summed E-state index contributed by atoms with van der Waals surface area (Å²) in [4.78, 5) is 11.8. The van der Waals surface area contributed by atoms with Gasteiger partial charge in [-0.2, -0.15) is 11.3 Å². The van der Waals surface area contributed by atoms with E-state index in [1.54, 1.807) is 25.1 Å². The van der Waals surface area contributed by atoms with Crippen molar-refractivity contribution < 1.29 is 9.90 Å². The first-order chi connectivity index (χ1) is 7.68. The van der Waals surface area contributed by atoms with Crippen molar-refractivity contribution in [2.75, 3.05) is 5.32 Å². The zero-order valence-corrected chi connectivity index (χ0v) is 9.54. The number of carbonyl (C=O) groups excluding carboxylic acids is 1. The molecule has 0 aliphatic carbocycles. The number of amides is 1. The van der Waals surface area contributed by atoms with Crippen LogP contribution in [0, 0.1) is 6.92 Å². The first-order valence-corrected chi connectivity index (χ1v) is 5.75. The van der Waals surface area contributed by atoms with Crippen LogP contribution in [-0.4, -0.2) is 11.0 Å². The standard InChI is InChI=1S/C12H11NO2S/c1-8-3-2-4-10(11(8)14)12(15)13-9-5-6-16-7-9/h2-7,14H,1H3,(H,13,15). The Kier molecular flexibility index (Phi) is 2.92. The second kappa shape index (κ2) is 4.37. The molecule has 4 heteroatoms. The molecule has 0 saturated heterocycles. The average molecular weight is 233 g/mol. The topological polar surface area (TPSA) is 49.3 Å². The minimum absolute atomic E-state index is 0.0372. The monoisotopic (exact) mass is 233 g/mol. The number of aromatic hydroxyl groups is 1. The van der Waals surface area contributed by atoms with E-state index in [9.17, 15) is 9.90 Å². The normalized spacial score (nSPS) is 10.1. The highest BCUT2D eigenvalue weighted by atomic mass is 32.1. The van der Waals surface area contributed by atoms with E-state index in [2.05, 4.69) is 5.32 Å². The van der Waals surface area contributed by atoms with Crippen molar-refractivity contribution in [3.05, 3.63) is 46.2 Å². The van der Waals surface area contributed by atoms with Crippen molar-refractivity contribution in [2.45, 2.75) is 6.92 Å². The van der Waals surface area contributed by atoms with Crippen molar-refractivity contribution in [2.24, 2.45) is 0 Å². The van der Waals surface area contributed by atoms with Gasteiger partial charge in [0.05, 0.1) is 11.3 Å². The van der Waals surface area contributed by atoms with E-state index in [1.165, 1.54) is 11.3 Å². The number of para-hydroxylation sites is 1. The predicted molar refractivity (Wildman–Crippen MR) is 65.1 cm³/mol. The Balaban J connectivity index is 2.24. The summed E-state index contributed by atoms with van der Waals surface area (Å²) in [5.41, 5.74) is 1.74. The van der Waals surface area contributed by atoms with Crippen LogP contribution in [0.15, 0.2) is 35.0 Å². The van der Waals surface area contributed by atoms with Gasteiger partial charge in [-0.25, -0.2) is 0 Å². The summed E-state index contributed by atoms with van der Waals surface area (Å²) in [5.74, 6) is -0.255. The van der Waals surface area contributed by atoms with Crippen molar-refractivity contribution >= 4 is 22.9 Å². The molecular formula is C12H11NO2S. The highest BCUT2D eigenvalue weighted by molar-refractivity contribution is 7.08. The minimum atomic E-state index is -0.292. The quantitative estimate of drug-likeness (QED) is 0.837. The summed E-state index contributed by atoms with van der Waals surface area (Å²) >= 11 is 1.51. The zero-order chi connectivity index (χ0) is 11.5. The van der Waals surface area contributed by atoms with Gasteiger partial charge in [0.25, 0.3) is 5.91 Å². The number of benzene rings is 1. The number of nitrogens with one attached hydrogen (secondary N) is 1. The molecule has 2 N–H and O–H groups in total. The van der Waals surface area contributed by atoms with Gasteiger partial charge in [0, 0.05) is 5.38 Å². The Morgan fingerprint density at radius 2 is 2.19 bits per heavy atom. The Labute approximate surface area is 97.4 Å². The van der Waals surface area contributed by atoms with E-state index >= 15 is 0 Å². The number of rotatable bonds is 2. The van der Waals surface area contributed by atoms with Crippen LogP contribution in [0.1, 0.15) is 15.9 Å². The zero-order valence-electron chi connectivity index (χ0n) is 8.73. The maximum atomic E-state index is 11.8. The van der Waals surface area contributed by atoms with Gasteiger partial charge in [0.1, 0.15) is 5.75 Å². The van der Waals surface area contributed by atoms with Crippen LogP contribution in [0.2, 0.25) is 0 Å². The molecule has 0 atom stereocenters. The molecule has 3 nitrogen and oxygen atoms in total. The fraction of sp³-hybridized carbons (Fsp3) is 0.0833. The van der Waals surface area contributed by atoms with Crippen LogP contribution < -0.4 is 5.32 Å². The third-order valence-electron chi connectivity index (χ3n) is 2.26. The van der Waals surface area contributed by atoms with Crippen LogP contribution >= 0.6 is 11.3 Å². The number of thiophene rings is 1. The minimum Gasteiger partial charge on any atom is -0.507 e. The predicted octanol–water partition coefficient (Wildman–Crippen LogP) is 3.01. The molecule has 0 bridgehead atoms. The molecule has 1 amide bonds. The number of phenols is 1. The van der Waals surface area contributed by atoms with Crippen molar-refractivity contribution in [1.82, 2.24) is 0 Å². The molecule has 0 spiro atoms. The second-order valence-corrected chi connectivity index (χ2v) is 4.22. The molecule has 1 heterocycles. The lowest BCUT2D eigenvalue weighted by atomic mass is 10.1. The molecule has 16 heavy (non-hydrogen) atoms. The summed E-state index contributed by atoms with van der Waals surface area (Å²) in [5, 5.41) is 16.2. The number of carbonyl (C=O) groups is 1. The Hall–Kier alpha value is -1.81. The molecule has 2 rings (SSSR count). The van der Waals surface area contributed by atoms with Gasteiger partial charge in [-0.1, -0.05) is 12.1 Å². The van der Waals surface area contributed by atoms with Crippen LogP contribution in [0.3, 0.4) is 0 Å². The van der Waals surface area contributed by atoms with Crippen LogP contribution in [0.4, 0.5) is 5.69 Å². The fourth-order valence-electron chi connectivity index (χ4n) is 1.38. The Morgan fingerprint density at radius 3 is 2.88 bits per heavy atom. The molecule has 0 aliphatic heterocycles. The number of phenolic OH excluding ortho intramolecular Hbond substituents is 1. The lowest BCUT2D eigenvalue weighted by Gasteiger charge is -2.06. The molecule has 0 aliphatic rings. The van der Waals surface area contributed by atoms with Gasteiger partial charge in [-0.3, -0.25) is 4.79 Å². The summed E-state index contributed by atoms with van der Waals surface area (Å²) in [6, 6.07) is 6.92. The smallest absolute Gasteiger partial charge is 0.259 e. The second-order valence-electron chi connectivity index (χ2n) is 3.44. The SMILES string of the molecule is Cc1cccc(C(=O)Nc2ccsc2)c1O. The summed E-state index contributed by atoms with van der Waals surface area (Å²) in [6.07, 6.45) is 0. The van der Waals surface area contributed by atoms with E-state index in [-0.39, 0.29) is 11.7 Å². The van der Waals surface area contributed by atoms with Crippen molar-refractivity contribution in [1.29, 1.82) is 0 Å². The molecule has 0 fully saturated rings. The highest BCUT2D eigenvalue weighted by Crippen LogP contribution is 2.22. The van der Waals surface area contributed by atoms with Gasteiger partial charge in [0.15, 0.2) is 0 Å². The van der Waals surface area contributed by atoms with Gasteiger partial charge in [-0.05, 0) is 30.0 Å². The lowest BCUT2D eigenvalue weighted by Crippen LogP contribution is -2.11. The summed E-state index contributed by atoms with van der Waals surface area (Å²) < 4.78 is 0. The number of anilines is 1. The molecule has 2 aromatic rings. The molecule has 0 unspecified atom stereocenters. The Bertz CT molecular complexity index is 506. The first-order valence-electron chi connectivity index (χ1n) is 4.80. The van der Waals surface area contributed by atoms with Crippen molar-refractivity contribution in [3.8, 4) is 5.75 Å². The number of hydrogen-bond donors (Lipinski definition) is 2.